The Morgan fingerprint density at radius 1 is 1.19 bits per heavy atom. The average Bonchev–Trinajstić information content (AvgIpc) is 2.30. The SMILES string of the molecule is O=CC1(C=O)CC(OCc2ccccc2)C1. The van der Waals surface area contributed by atoms with E-state index in [2.05, 4.69) is 0 Å². The number of aldehydes is 2. The number of benzene rings is 1. The maximum Gasteiger partial charge on any atom is 0.133 e. The Morgan fingerprint density at radius 3 is 2.38 bits per heavy atom. The van der Waals surface area contributed by atoms with E-state index in [9.17, 15) is 9.59 Å². The van der Waals surface area contributed by atoms with Crippen molar-refractivity contribution in [1.29, 1.82) is 0 Å². The first-order valence-electron chi connectivity index (χ1n) is 5.36. The van der Waals surface area contributed by atoms with E-state index >= 15 is 0 Å². The van der Waals surface area contributed by atoms with Crippen molar-refractivity contribution in [3.63, 3.8) is 0 Å². The van der Waals surface area contributed by atoms with Gasteiger partial charge in [0, 0.05) is 0 Å². The molecule has 1 aromatic rings. The van der Waals surface area contributed by atoms with Gasteiger partial charge in [0.15, 0.2) is 0 Å². The molecule has 1 aliphatic carbocycles. The highest BCUT2D eigenvalue weighted by atomic mass is 16.5. The molecule has 3 heteroatoms. The van der Waals surface area contributed by atoms with Crippen molar-refractivity contribution in [2.45, 2.75) is 25.6 Å². The molecule has 84 valence electrons. The first kappa shape index (κ1) is 11.0. The predicted octanol–water partition coefficient (Wildman–Crippen LogP) is 1.75. The fourth-order valence-electron chi connectivity index (χ4n) is 1.91. The van der Waals surface area contributed by atoms with Crippen LogP contribution < -0.4 is 0 Å². The van der Waals surface area contributed by atoms with Crippen LogP contribution in [-0.2, 0) is 20.9 Å². The average molecular weight is 218 g/mol. The molecular formula is C13H14O3. The standard InChI is InChI=1S/C13H14O3/c14-9-13(10-15)6-12(7-13)16-8-11-4-2-1-3-5-11/h1-5,9-10,12H,6-8H2. The van der Waals surface area contributed by atoms with Crippen molar-refractivity contribution in [1.82, 2.24) is 0 Å². The van der Waals surface area contributed by atoms with E-state index < -0.39 is 5.41 Å². The summed E-state index contributed by atoms with van der Waals surface area (Å²) in [4.78, 5) is 21.3. The van der Waals surface area contributed by atoms with Gasteiger partial charge in [0.05, 0.1) is 18.1 Å². The van der Waals surface area contributed by atoms with Crippen LogP contribution in [0.4, 0.5) is 0 Å². The van der Waals surface area contributed by atoms with Crippen molar-refractivity contribution in [2.24, 2.45) is 5.41 Å². The number of ether oxygens (including phenoxy) is 1. The van der Waals surface area contributed by atoms with Gasteiger partial charge >= 0.3 is 0 Å². The molecule has 1 aliphatic rings. The minimum atomic E-state index is -0.763. The molecular weight excluding hydrogens is 204 g/mol. The van der Waals surface area contributed by atoms with Crippen LogP contribution in [0.3, 0.4) is 0 Å². The molecule has 1 aromatic carbocycles. The Balaban J connectivity index is 1.78. The third-order valence-corrected chi connectivity index (χ3v) is 3.01. The van der Waals surface area contributed by atoms with Crippen LogP contribution in [0.25, 0.3) is 0 Å². The molecule has 3 nitrogen and oxygen atoms in total. The summed E-state index contributed by atoms with van der Waals surface area (Å²) >= 11 is 0. The third kappa shape index (κ3) is 2.19. The van der Waals surface area contributed by atoms with Crippen molar-refractivity contribution >= 4 is 12.6 Å². The first-order valence-corrected chi connectivity index (χ1v) is 5.36. The van der Waals surface area contributed by atoms with Crippen LogP contribution >= 0.6 is 0 Å². The quantitative estimate of drug-likeness (QED) is 0.558. The molecule has 2 rings (SSSR count). The summed E-state index contributed by atoms with van der Waals surface area (Å²) in [5.74, 6) is 0. The molecule has 0 bridgehead atoms. The van der Waals surface area contributed by atoms with Gasteiger partial charge in [0.2, 0.25) is 0 Å². The monoisotopic (exact) mass is 218 g/mol. The number of hydrogen-bond acceptors (Lipinski definition) is 3. The molecule has 1 fully saturated rings. The third-order valence-electron chi connectivity index (χ3n) is 3.01. The molecule has 0 amide bonds. The fourth-order valence-corrected chi connectivity index (χ4v) is 1.91. The fraction of sp³-hybridized carbons (Fsp3) is 0.385. The van der Waals surface area contributed by atoms with Gasteiger partial charge in [0.25, 0.3) is 0 Å². The molecule has 0 heterocycles. The van der Waals surface area contributed by atoms with Crippen molar-refractivity contribution in [2.75, 3.05) is 0 Å². The predicted molar refractivity (Wildman–Crippen MR) is 58.8 cm³/mol. The summed E-state index contributed by atoms with van der Waals surface area (Å²) in [6.07, 6.45) is 2.56. The van der Waals surface area contributed by atoms with Crippen LogP contribution in [-0.4, -0.2) is 18.7 Å². The minimum absolute atomic E-state index is 0.0376. The smallest absolute Gasteiger partial charge is 0.133 e. The normalized spacial score (nSPS) is 18.8. The Bertz CT molecular complexity index is 356. The summed E-state index contributed by atoms with van der Waals surface area (Å²) in [5.41, 5.74) is 0.346. The van der Waals surface area contributed by atoms with Crippen molar-refractivity contribution < 1.29 is 14.3 Å². The molecule has 0 unspecified atom stereocenters. The lowest BCUT2D eigenvalue weighted by molar-refractivity contribution is -0.145. The zero-order chi connectivity index (χ0) is 11.4. The number of carbonyl (C=O) groups excluding carboxylic acids is 2. The largest absolute Gasteiger partial charge is 0.373 e. The van der Waals surface area contributed by atoms with Crippen LogP contribution in [0.15, 0.2) is 30.3 Å². The Morgan fingerprint density at radius 2 is 1.81 bits per heavy atom. The van der Waals surface area contributed by atoms with Gasteiger partial charge in [0.1, 0.15) is 12.6 Å². The van der Waals surface area contributed by atoms with Crippen LogP contribution in [0.2, 0.25) is 0 Å². The number of hydrogen-bond donors (Lipinski definition) is 0. The summed E-state index contributed by atoms with van der Waals surface area (Å²) in [6.45, 7) is 0.541. The molecule has 0 aliphatic heterocycles. The van der Waals surface area contributed by atoms with E-state index in [1.807, 2.05) is 30.3 Å². The van der Waals surface area contributed by atoms with Gasteiger partial charge in [-0.2, -0.15) is 0 Å². The Labute approximate surface area is 94.4 Å². The lowest BCUT2D eigenvalue weighted by Gasteiger charge is -2.39. The molecule has 0 aromatic heterocycles. The van der Waals surface area contributed by atoms with Gasteiger partial charge < -0.3 is 14.3 Å². The summed E-state index contributed by atoms with van der Waals surface area (Å²) in [5, 5.41) is 0. The van der Waals surface area contributed by atoms with Crippen molar-refractivity contribution in [3.8, 4) is 0 Å². The summed E-state index contributed by atoms with van der Waals surface area (Å²) in [6, 6.07) is 9.86. The van der Waals surface area contributed by atoms with E-state index in [0.29, 0.717) is 19.4 Å². The van der Waals surface area contributed by atoms with E-state index in [0.717, 1.165) is 18.1 Å². The zero-order valence-electron chi connectivity index (χ0n) is 8.96. The van der Waals surface area contributed by atoms with Gasteiger partial charge in [-0.05, 0) is 18.4 Å². The Hall–Kier alpha value is -1.48. The zero-order valence-corrected chi connectivity index (χ0v) is 8.96. The van der Waals surface area contributed by atoms with Gasteiger partial charge in [-0.1, -0.05) is 30.3 Å². The number of rotatable bonds is 5. The lowest BCUT2D eigenvalue weighted by atomic mass is 9.69. The molecule has 16 heavy (non-hydrogen) atoms. The van der Waals surface area contributed by atoms with Crippen LogP contribution in [0.5, 0.6) is 0 Å². The number of carbonyl (C=O) groups is 2. The Kier molecular flexibility index (Phi) is 3.15. The summed E-state index contributed by atoms with van der Waals surface area (Å²) < 4.78 is 5.61. The molecule has 0 radical (unpaired) electrons. The second kappa shape index (κ2) is 4.58. The van der Waals surface area contributed by atoms with Crippen LogP contribution in [0, 0.1) is 5.41 Å². The first-order chi connectivity index (χ1) is 7.78. The molecule has 0 atom stereocenters. The second-order valence-corrected chi connectivity index (χ2v) is 4.30. The van der Waals surface area contributed by atoms with Gasteiger partial charge in [-0.3, -0.25) is 0 Å². The molecule has 0 N–H and O–H groups in total. The van der Waals surface area contributed by atoms with E-state index in [-0.39, 0.29) is 6.10 Å². The minimum Gasteiger partial charge on any atom is -0.373 e. The summed E-state index contributed by atoms with van der Waals surface area (Å²) in [7, 11) is 0. The van der Waals surface area contributed by atoms with E-state index in [1.165, 1.54) is 0 Å². The molecule has 0 spiro atoms. The van der Waals surface area contributed by atoms with Gasteiger partial charge in [-0.25, -0.2) is 0 Å². The lowest BCUT2D eigenvalue weighted by Crippen LogP contribution is -2.44. The van der Waals surface area contributed by atoms with Gasteiger partial charge in [-0.15, -0.1) is 0 Å². The highest BCUT2D eigenvalue weighted by Crippen LogP contribution is 2.39. The van der Waals surface area contributed by atoms with E-state index in [1.54, 1.807) is 0 Å². The topological polar surface area (TPSA) is 43.4 Å². The van der Waals surface area contributed by atoms with Crippen LogP contribution in [0.1, 0.15) is 18.4 Å². The maximum atomic E-state index is 10.7. The second-order valence-electron chi connectivity index (χ2n) is 4.30. The highest BCUT2D eigenvalue weighted by molar-refractivity contribution is 5.85. The molecule has 0 saturated heterocycles. The van der Waals surface area contributed by atoms with E-state index in [4.69, 9.17) is 4.74 Å². The highest BCUT2D eigenvalue weighted by Gasteiger charge is 2.44. The maximum absolute atomic E-state index is 10.7. The molecule has 1 saturated carbocycles. The van der Waals surface area contributed by atoms with Crippen molar-refractivity contribution in [3.05, 3.63) is 35.9 Å².